The molecule has 4 heterocycles. The molecule has 0 radical (unpaired) electrons. The SMILES string of the molecule is c1ccc(-c2nc(-c3ccccc3)nc(-c3ccc(-n4c5ccccc5c5cc(-c6ccc7c8ncccc8n(-c8ccccc8)c7c6)ccc54)cc3)n2)cc1. The topological polar surface area (TPSA) is 61.4 Å². The average molecular weight is 717 g/mol. The van der Waals surface area contributed by atoms with Gasteiger partial charge in [-0.1, -0.05) is 109 Å². The average Bonchev–Trinajstić information content (AvgIpc) is 3.79. The predicted molar refractivity (Wildman–Crippen MR) is 228 cm³/mol. The Morgan fingerprint density at radius 2 is 0.804 bits per heavy atom. The fourth-order valence-electron chi connectivity index (χ4n) is 7.99. The highest BCUT2D eigenvalue weighted by Gasteiger charge is 2.17. The van der Waals surface area contributed by atoms with Crippen LogP contribution in [0.2, 0.25) is 0 Å². The molecule has 6 heteroatoms. The van der Waals surface area contributed by atoms with Gasteiger partial charge in [-0.05, 0) is 90.0 Å². The summed E-state index contributed by atoms with van der Waals surface area (Å²) < 4.78 is 4.66. The summed E-state index contributed by atoms with van der Waals surface area (Å²) in [4.78, 5) is 19.6. The molecule has 7 aromatic carbocycles. The molecule has 0 spiro atoms. The van der Waals surface area contributed by atoms with E-state index in [1.165, 1.54) is 10.8 Å². The van der Waals surface area contributed by atoms with Crippen LogP contribution in [0.4, 0.5) is 0 Å². The number of hydrogen-bond donors (Lipinski definition) is 0. The van der Waals surface area contributed by atoms with E-state index in [9.17, 15) is 0 Å². The highest BCUT2D eigenvalue weighted by atomic mass is 15.0. The molecule has 0 unspecified atom stereocenters. The quantitative estimate of drug-likeness (QED) is 0.172. The number of pyridine rings is 1. The zero-order valence-corrected chi connectivity index (χ0v) is 30.2. The van der Waals surface area contributed by atoms with Crippen molar-refractivity contribution in [1.82, 2.24) is 29.1 Å². The van der Waals surface area contributed by atoms with Crippen LogP contribution in [0.25, 0.3) is 100 Å². The van der Waals surface area contributed by atoms with Crippen LogP contribution in [0.3, 0.4) is 0 Å². The van der Waals surface area contributed by atoms with Crippen LogP contribution in [-0.2, 0) is 0 Å². The highest BCUT2D eigenvalue weighted by molar-refractivity contribution is 6.11. The van der Waals surface area contributed by atoms with Crippen molar-refractivity contribution < 1.29 is 0 Å². The third kappa shape index (κ3) is 5.27. The van der Waals surface area contributed by atoms with Crippen LogP contribution >= 0.6 is 0 Å². The van der Waals surface area contributed by atoms with Gasteiger partial charge in [0.1, 0.15) is 0 Å². The number of para-hydroxylation sites is 2. The maximum absolute atomic E-state index is 4.95. The predicted octanol–water partition coefficient (Wildman–Crippen LogP) is 12.1. The van der Waals surface area contributed by atoms with E-state index in [1.807, 2.05) is 72.9 Å². The lowest BCUT2D eigenvalue weighted by atomic mass is 10.0. The zero-order valence-electron chi connectivity index (χ0n) is 30.2. The zero-order chi connectivity index (χ0) is 37.0. The molecule has 0 amide bonds. The molecule has 0 saturated carbocycles. The van der Waals surface area contributed by atoms with Crippen LogP contribution in [-0.4, -0.2) is 29.1 Å². The Balaban J connectivity index is 1.02. The minimum absolute atomic E-state index is 0.634. The lowest BCUT2D eigenvalue weighted by Crippen LogP contribution is -2.00. The van der Waals surface area contributed by atoms with E-state index in [0.29, 0.717) is 17.5 Å². The van der Waals surface area contributed by atoms with E-state index >= 15 is 0 Å². The molecule has 4 aromatic heterocycles. The van der Waals surface area contributed by atoms with Gasteiger partial charge in [0.25, 0.3) is 0 Å². The van der Waals surface area contributed by atoms with E-state index in [-0.39, 0.29) is 0 Å². The normalized spacial score (nSPS) is 11.6. The van der Waals surface area contributed by atoms with Crippen molar-refractivity contribution in [3.63, 3.8) is 0 Å². The van der Waals surface area contributed by atoms with Crippen molar-refractivity contribution in [3.8, 4) is 56.7 Å². The summed E-state index contributed by atoms with van der Waals surface area (Å²) in [6.07, 6.45) is 1.87. The Labute approximate surface area is 322 Å². The van der Waals surface area contributed by atoms with Gasteiger partial charge in [0.15, 0.2) is 17.5 Å². The molecule has 0 N–H and O–H groups in total. The summed E-state index contributed by atoms with van der Waals surface area (Å²) in [7, 11) is 0. The number of benzene rings is 7. The molecule has 11 rings (SSSR count). The van der Waals surface area contributed by atoms with E-state index < -0.39 is 0 Å². The van der Waals surface area contributed by atoms with Gasteiger partial charge < -0.3 is 9.13 Å². The first-order chi connectivity index (χ1) is 27.8. The monoisotopic (exact) mass is 716 g/mol. The molecule has 56 heavy (non-hydrogen) atoms. The van der Waals surface area contributed by atoms with Gasteiger partial charge >= 0.3 is 0 Å². The lowest BCUT2D eigenvalue weighted by Gasteiger charge is -2.11. The summed E-state index contributed by atoms with van der Waals surface area (Å²) in [5.74, 6) is 1.93. The fourth-order valence-corrected chi connectivity index (χ4v) is 7.99. The molecule has 0 bridgehead atoms. The maximum atomic E-state index is 4.95. The van der Waals surface area contributed by atoms with Gasteiger partial charge in [-0.15, -0.1) is 0 Å². The Morgan fingerprint density at radius 1 is 0.304 bits per heavy atom. The maximum Gasteiger partial charge on any atom is 0.164 e. The molecule has 0 atom stereocenters. The van der Waals surface area contributed by atoms with E-state index in [1.54, 1.807) is 0 Å². The van der Waals surface area contributed by atoms with Crippen LogP contribution in [0, 0.1) is 0 Å². The summed E-state index contributed by atoms with van der Waals surface area (Å²) in [5.41, 5.74) is 12.8. The van der Waals surface area contributed by atoms with Crippen LogP contribution in [0.5, 0.6) is 0 Å². The molecule has 11 aromatic rings. The highest BCUT2D eigenvalue weighted by Crippen LogP contribution is 2.38. The largest absolute Gasteiger partial charge is 0.309 e. The van der Waals surface area contributed by atoms with Crippen molar-refractivity contribution in [2.24, 2.45) is 0 Å². The van der Waals surface area contributed by atoms with E-state index in [4.69, 9.17) is 19.9 Å². The van der Waals surface area contributed by atoms with E-state index in [2.05, 4.69) is 130 Å². The standard InChI is InChI=1S/C50H32N6/c1-4-13-33(14-5-1)48-52-49(34-15-6-2-7-16-34)54-50(53-48)35-22-26-39(27-23-35)55-43-20-11-10-19-40(43)42-31-36(25-29-44(42)55)37-24-28-41-46(32-37)56(38-17-8-3-9-18-38)45-21-12-30-51-47(41)45/h1-32H. The smallest absolute Gasteiger partial charge is 0.164 e. The minimum atomic E-state index is 0.634. The number of rotatable bonds is 6. The minimum Gasteiger partial charge on any atom is -0.309 e. The Kier molecular flexibility index (Phi) is 7.38. The van der Waals surface area contributed by atoms with Gasteiger partial charge in [-0.3, -0.25) is 4.98 Å². The number of hydrogen-bond acceptors (Lipinski definition) is 4. The first-order valence-electron chi connectivity index (χ1n) is 18.7. The van der Waals surface area contributed by atoms with Crippen LogP contribution in [0.1, 0.15) is 0 Å². The molecule has 6 nitrogen and oxygen atoms in total. The second-order valence-electron chi connectivity index (χ2n) is 13.9. The van der Waals surface area contributed by atoms with Crippen LogP contribution in [0.15, 0.2) is 194 Å². The number of fused-ring (bicyclic) bond motifs is 6. The number of aromatic nitrogens is 6. The number of nitrogens with zero attached hydrogens (tertiary/aromatic N) is 6. The molecule has 0 aliphatic heterocycles. The van der Waals surface area contributed by atoms with E-state index in [0.717, 1.165) is 72.2 Å². The second kappa shape index (κ2) is 13.0. The van der Waals surface area contributed by atoms with Gasteiger partial charge in [0, 0.05) is 50.4 Å². The van der Waals surface area contributed by atoms with Crippen molar-refractivity contribution >= 4 is 43.7 Å². The first-order valence-corrected chi connectivity index (χ1v) is 18.7. The van der Waals surface area contributed by atoms with Gasteiger partial charge in [-0.25, -0.2) is 15.0 Å². The molecule has 0 aliphatic rings. The van der Waals surface area contributed by atoms with Crippen molar-refractivity contribution in [1.29, 1.82) is 0 Å². The third-order valence-corrected chi connectivity index (χ3v) is 10.6. The Bertz CT molecular complexity index is 3160. The Hall–Kier alpha value is -7.70. The molecule has 0 aliphatic carbocycles. The lowest BCUT2D eigenvalue weighted by molar-refractivity contribution is 1.07. The third-order valence-electron chi connectivity index (χ3n) is 10.6. The van der Waals surface area contributed by atoms with Crippen molar-refractivity contribution in [3.05, 3.63) is 194 Å². The summed E-state index contributed by atoms with van der Waals surface area (Å²) >= 11 is 0. The van der Waals surface area contributed by atoms with Gasteiger partial charge in [0.05, 0.1) is 27.6 Å². The van der Waals surface area contributed by atoms with Gasteiger partial charge in [-0.2, -0.15) is 0 Å². The van der Waals surface area contributed by atoms with Crippen molar-refractivity contribution in [2.45, 2.75) is 0 Å². The van der Waals surface area contributed by atoms with Crippen LogP contribution < -0.4 is 0 Å². The first kappa shape index (κ1) is 31.8. The molecular formula is C50H32N6. The second-order valence-corrected chi connectivity index (χ2v) is 13.9. The van der Waals surface area contributed by atoms with Crippen molar-refractivity contribution in [2.75, 3.05) is 0 Å². The summed E-state index contributed by atoms with van der Waals surface area (Å²) in [5, 5.41) is 3.54. The molecule has 0 fully saturated rings. The fraction of sp³-hybridized carbons (Fsp3) is 0. The summed E-state index contributed by atoms with van der Waals surface area (Å²) in [6, 6.07) is 65.6. The van der Waals surface area contributed by atoms with Gasteiger partial charge in [0.2, 0.25) is 0 Å². The molecule has 262 valence electrons. The Morgan fingerprint density at radius 3 is 1.50 bits per heavy atom. The molecule has 0 saturated heterocycles. The molecular weight excluding hydrogens is 685 g/mol. The summed E-state index contributed by atoms with van der Waals surface area (Å²) in [6.45, 7) is 0.